The van der Waals surface area contributed by atoms with Crippen LogP contribution in [-0.2, 0) is 6.42 Å². The second-order valence-electron chi connectivity index (χ2n) is 4.56. The van der Waals surface area contributed by atoms with Crippen molar-refractivity contribution in [3.63, 3.8) is 0 Å². The lowest BCUT2D eigenvalue weighted by molar-refractivity contribution is 0.171. The summed E-state index contributed by atoms with van der Waals surface area (Å²) in [4.78, 5) is 4.64. The molecule has 2 aliphatic heterocycles. The number of fused-ring (bicyclic) bond motifs is 2. The van der Waals surface area contributed by atoms with E-state index in [9.17, 15) is 0 Å². The predicted octanol–water partition coefficient (Wildman–Crippen LogP) is 2.74. The van der Waals surface area contributed by atoms with Crippen LogP contribution in [0.3, 0.4) is 0 Å². The molecule has 16 heavy (non-hydrogen) atoms. The maximum Gasteiger partial charge on any atom is 0.163 e. The van der Waals surface area contributed by atoms with Gasteiger partial charge in [-0.3, -0.25) is 4.99 Å². The largest absolute Gasteiger partial charge is 0.486 e. The highest BCUT2D eigenvalue weighted by molar-refractivity contribution is 5.95. The van der Waals surface area contributed by atoms with E-state index in [1.807, 2.05) is 6.07 Å². The van der Waals surface area contributed by atoms with Crippen LogP contribution in [-0.4, -0.2) is 18.9 Å². The maximum atomic E-state index is 5.57. The minimum absolute atomic E-state index is 0.506. The second kappa shape index (κ2) is 3.51. The van der Waals surface area contributed by atoms with Crippen LogP contribution in [0.15, 0.2) is 17.1 Å². The molecule has 3 rings (SSSR count). The number of rotatable bonds is 1. The van der Waals surface area contributed by atoms with Gasteiger partial charge in [-0.1, -0.05) is 13.8 Å². The van der Waals surface area contributed by atoms with Gasteiger partial charge in [-0.2, -0.15) is 0 Å². The zero-order chi connectivity index (χ0) is 11.1. The summed E-state index contributed by atoms with van der Waals surface area (Å²) in [6.45, 7) is 5.63. The molecule has 0 spiro atoms. The van der Waals surface area contributed by atoms with E-state index in [2.05, 4.69) is 24.9 Å². The average Bonchev–Trinajstić information content (AvgIpc) is 2.68. The van der Waals surface area contributed by atoms with E-state index in [0.29, 0.717) is 19.1 Å². The Hall–Kier alpha value is -1.51. The Morgan fingerprint density at radius 2 is 1.81 bits per heavy atom. The van der Waals surface area contributed by atoms with Gasteiger partial charge in [0.15, 0.2) is 11.5 Å². The molecule has 0 radical (unpaired) electrons. The molecule has 2 aliphatic rings. The fraction of sp³-hybridized carbons (Fsp3) is 0.462. The zero-order valence-corrected chi connectivity index (χ0v) is 9.62. The fourth-order valence-electron chi connectivity index (χ4n) is 2.09. The van der Waals surface area contributed by atoms with Gasteiger partial charge in [0.05, 0.1) is 5.69 Å². The third kappa shape index (κ3) is 1.47. The highest BCUT2D eigenvalue weighted by Crippen LogP contribution is 2.40. The highest BCUT2D eigenvalue weighted by atomic mass is 16.6. The molecule has 84 valence electrons. The first kappa shape index (κ1) is 9.70. The van der Waals surface area contributed by atoms with Gasteiger partial charge in [0.2, 0.25) is 0 Å². The van der Waals surface area contributed by atoms with Crippen molar-refractivity contribution in [1.82, 2.24) is 0 Å². The van der Waals surface area contributed by atoms with Crippen molar-refractivity contribution >= 4 is 11.4 Å². The van der Waals surface area contributed by atoms with Crippen LogP contribution >= 0.6 is 0 Å². The summed E-state index contributed by atoms with van der Waals surface area (Å²) in [6.07, 6.45) is 0.948. The molecule has 0 bridgehead atoms. The fourth-order valence-corrected chi connectivity index (χ4v) is 2.09. The molecule has 0 N–H and O–H groups in total. The smallest absolute Gasteiger partial charge is 0.163 e. The molecule has 1 aromatic rings. The van der Waals surface area contributed by atoms with Crippen molar-refractivity contribution in [2.75, 3.05) is 13.2 Å². The van der Waals surface area contributed by atoms with Crippen LogP contribution in [0.5, 0.6) is 11.5 Å². The predicted molar refractivity (Wildman–Crippen MR) is 63.1 cm³/mol. The van der Waals surface area contributed by atoms with Crippen LogP contribution in [0.1, 0.15) is 19.4 Å². The summed E-state index contributed by atoms with van der Waals surface area (Å²) in [5.74, 6) is 2.20. The van der Waals surface area contributed by atoms with Gasteiger partial charge < -0.3 is 9.47 Å². The highest BCUT2D eigenvalue weighted by Gasteiger charge is 2.21. The Kier molecular flexibility index (Phi) is 2.13. The third-order valence-electron chi connectivity index (χ3n) is 3.05. The number of ether oxygens (including phenoxy) is 2. The van der Waals surface area contributed by atoms with Crippen LogP contribution < -0.4 is 9.47 Å². The molecular formula is C13H15NO2. The van der Waals surface area contributed by atoms with Gasteiger partial charge in [-0.25, -0.2) is 0 Å². The van der Waals surface area contributed by atoms with E-state index in [-0.39, 0.29) is 0 Å². The molecule has 0 aromatic heterocycles. The lowest BCUT2D eigenvalue weighted by Crippen LogP contribution is -2.15. The monoisotopic (exact) mass is 217 g/mol. The number of hydrogen-bond donors (Lipinski definition) is 0. The Labute approximate surface area is 95.1 Å². The molecule has 0 unspecified atom stereocenters. The van der Waals surface area contributed by atoms with E-state index in [1.54, 1.807) is 0 Å². The molecule has 0 atom stereocenters. The number of aliphatic imine (C=N–C) groups is 1. The summed E-state index contributed by atoms with van der Waals surface area (Å²) in [7, 11) is 0. The van der Waals surface area contributed by atoms with Crippen LogP contribution in [0.4, 0.5) is 5.69 Å². The standard InChI is InChI=1S/C13H15NO2/c1-8(2)10-5-9-6-12-13(7-11(9)14-10)16-4-3-15-12/h6-8H,3-5H2,1-2H3. The molecule has 2 heterocycles. The molecule has 1 aromatic carbocycles. The molecule has 3 heteroatoms. The van der Waals surface area contributed by atoms with Crippen molar-refractivity contribution in [1.29, 1.82) is 0 Å². The second-order valence-corrected chi connectivity index (χ2v) is 4.56. The van der Waals surface area contributed by atoms with Gasteiger partial charge >= 0.3 is 0 Å². The van der Waals surface area contributed by atoms with Gasteiger partial charge in [0, 0.05) is 18.2 Å². The lowest BCUT2D eigenvalue weighted by Gasteiger charge is -2.18. The van der Waals surface area contributed by atoms with Gasteiger partial charge in [-0.15, -0.1) is 0 Å². The molecule has 3 nitrogen and oxygen atoms in total. The number of nitrogens with zero attached hydrogens (tertiary/aromatic N) is 1. The Morgan fingerprint density at radius 3 is 2.50 bits per heavy atom. The minimum Gasteiger partial charge on any atom is -0.486 e. The van der Waals surface area contributed by atoms with Crippen molar-refractivity contribution in [3.8, 4) is 11.5 Å². The average molecular weight is 217 g/mol. The minimum atomic E-state index is 0.506. The first-order valence-electron chi connectivity index (χ1n) is 5.74. The topological polar surface area (TPSA) is 30.8 Å². The van der Waals surface area contributed by atoms with Crippen molar-refractivity contribution in [2.24, 2.45) is 10.9 Å². The summed E-state index contributed by atoms with van der Waals surface area (Å²) >= 11 is 0. The Bertz CT molecular complexity index is 463. The van der Waals surface area contributed by atoms with E-state index in [0.717, 1.165) is 23.6 Å². The van der Waals surface area contributed by atoms with Gasteiger partial charge in [0.25, 0.3) is 0 Å². The van der Waals surface area contributed by atoms with Gasteiger partial charge in [0.1, 0.15) is 13.2 Å². The van der Waals surface area contributed by atoms with E-state index in [1.165, 1.54) is 11.3 Å². The molecular weight excluding hydrogens is 202 g/mol. The quantitative estimate of drug-likeness (QED) is 0.724. The zero-order valence-electron chi connectivity index (χ0n) is 9.62. The SMILES string of the molecule is CC(C)C1=Nc2cc3c(cc2C1)OCCO3. The van der Waals surface area contributed by atoms with E-state index < -0.39 is 0 Å². The summed E-state index contributed by atoms with van der Waals surface area (Å²) < 4.78 is 11.1. The third-order valence-corrected chi connectivity index (χ3v) is 3.05. The lowest BCUT2D eigenvalue weighted by atomic mass is 10.0. The van der Waals surface area contributed by atoms with E-state index >= 15 is 0 Å². The number of hydrogen-bond acceptors (Lipinski definition) is 3. The van der Waals surface area contributed by atoms with Gasteiger partial charge in [-0.05, 0) is 17.5 Å². The molecule has 0 amide bonds. The van der Waals surface area contributed by atoms with Crippen molar-refractivity contribution in [2.45, 2.75) is 20.3 Å². The van der Waals surface area contributed by atoms with Crippen molar-refractivity contribution < 1.29 is 9.47 Å². The van der Waals surface area contributed by atoms with Crippen LogP contribution in [0.25, 0.3) is 0 Å². The Balaban J connectivity index is 2.00. The normalized spacial score (nSPS) is 17.3. The number of benzene rings is 1. The maximum absolute atomic E-state index is 5.57. The van der Waals surface area contributed by atoms with Crippen molar-refractivity contribution in [3.05, 3.63) is 17.7 Å². The summed E-state index contributed by atoms with van der Waals surface area (Å²) in [6, 6.07) is 4.07. The summed E-state index contributed by atoms with van der Waals surface area (Å²) in [5.41, 5.74) is 3.55. The van der Waals surface area contributed by atoms with Crippen LogP contribution in [0, 0.1) is 5.92 Å². The molecule has 0 saturated carbocycles. The first-order valence-corrected chi connectivity index (χ1v) is 5.74. The molecule has 0 aliphatic carbocycles. The summed E-state index contributed by atoms with van der Waals surface area (Å²) in [5, 5.41) is 0. The van der Waals surface area contributed by atoms with Crippen LogP contribution in [0.2, 0.25) is 0 Å². The van der Waals surface area contributed by atoms with E-state index in [4.69, 9.17) is 9.47 Å². The first-order chi connectivity index (χ1) is 7.74. The molecule has 0 saturated heterocycles. The Morgan fingerprint density at radius 1 is 1.12 bits per heavy atom. The molecule has 0 fully saturated rings.